The summed E-state index contributed by atoms with van der Waals surface area (Å²) in [5, 5.41) is 0.937. The van der Waals surface area contributed by atoms with Crippen molar-refractivity contribution >= 4 is 22.4 Å². The van der Waals surface area contributed by atoms with Gasteiger partial charge in [-0.2, -0.15) is 0 Å². The molecule has 0 radical (unpaired) electrons. The summed E-state index contributed by atoms with van der Waals surface area (Å²) in [5.74, 6) is 2.05. The highest BCUT2D eigenvalue weighted by atomic mass is 16.5. The quantitative estimate of drug-likeness (QED) is 0.421. The van der Waals surface area contributed by atoms with Gasteiger partial charge < -0.3 is 28.4 Å². The van der Waals surface area contributed by atoms with Gasteiger partial charge in [-0.25, -0.2) is 0 Å². The molecule has 3 aromatic rings. The van der Waals surface area contributed by atoms with Crippen molar-refractivity contribution in [2.75, 3.05) is 53.6 Å². The Morgan fingerprint density at radius 1 is 1.00 bits per heavy atom. The van der Waals surface area contributed by atoms with Gasteiger partial charge in [0.1, 0.15) is 11.3 Å². The van der Waals surface area contributed by atoms with Crippen LogP contribution in [0.5, 0.6) is 17.2 Å². The maximum atomic E-state index is 13.0. The molecule has 186 valence electrons. The van der Waals surface area contributed by atoms with Crippen LogP contribution >= 0.6 is 0 Å². The standard InChI is InChI=1S/C28H34N2O5/c1-6-29-10-12-30(13-11-29)28(31)14-19(3)21-16-22-23(18-35-26(22)17-25(21)34-7-2)20-8-9-24(32-4)27(15-20)33-5/h8-9,14-18H,6-7,10-13H2,1-5H3/b19-14+. The second-order valence-electron chi connectivity index (χ2n) is 8.58. The van der Waals surface area contributed by atoms with E-state index in [0.29, 0.717) is 23.9 Å². The zero-order chi connectivity index (χ0) is 24.9. The Labute approximate surface area is 206 Å². The van der Waals surface area contributed by atoms with Gasteiger partial charge in [-0.05, 0) is 49.7 Å². The molecule has 1 aromatic heterocycles. The molecule has 1 amide bonds. The second-order valence-corrected chi connectivity index (χ2v) is 8.58. The Balaban J connectivity index is 1.71. The number of furan rings is 1. The van der Waals surface area contributed by atoms with Gasteiger partial charge in [-0.15, -0.1) is 0 Å². The molecule has 0 bridgehead atoms. The number of amides is 1. The largest absolute Gasteiger partial charge is 0.493 e. The van der Waals surface area contributed by atoms with Crippen molar-refractivity contribution in [3.8, 4) is 28.4 Å². The van der Waals surface area contributed by atoms with Crippen LogP contribution in [0.4, 0.5) is 0 Å². The lowest BCUT2D eigenvalue weighted by Gasteiger charge is -2.33. The summed E-state index contributed by atoms with van der Waals surface area (Å²) in [4.78, 5) is 17.3. The van der Waals surface area contributed by atoms with Gasteiger partial charge in [-0.3, -0.25) is 4.79 Å². The first-order valence-electron chi connectivity index (χ1n) is 12.1. The fourth-order valence-corrected chi connectivity index (χ4v) is 4.50. The minimum absolute atomic E-state index is 0.0353. The molecule has 2 heterocycles. The van der Waals surface area contributed by atoms with Gasteiger partial charge >= 0.3 is 0 Å². The van der Waals surface area contributed by atoms with Crippen LogP contribution in [0.25, 0.3) is 27.7 Å². The molecule has 7 heteroatoms. The van der Waals surface area contributed by atoms with Gasteiger partial charge in [-0.1, -0.05) is 13.0 Å². The first-order chi connectivity index (χ1) is 17.0. The van der Waals surface area contributed by atoms with Crippen LogP contribution in [0.3, 0.4) is 0 Å². The Hall–Kier alpha value is -3.45. The number of nitrogens with zero attached hydrogens (tertiary/aromatic N) is 2. The maximum Gasteiger partial charge on any atom is 0.246 e. The zero-order valence-electron chi connectivity index (χ0n) is 21.2. The highest BCUT2D eigenvalue weighted by Gasteiger charge is 2.20. The molecule has 1 aliphatic rings. The Bertz CT molecular complexity index is 1220. The SMILES string of the molecule is CCOc1cc2occ(-c3ccc(OC)c(OC)c3)c2cc1/C(C)=C/C(=O)N1CCN(CC)CC1. The molecule has 0 spiro atoms. The number of hydrogen-bond donors (Lipinski definition) is 0. The normalized spacial score (nSPS) is 14.9. The summed E-state index contributed by atoms with van der Waals surface area (Å²) >= 11 is 0. The summed E-state index contributed by atoms with van der Waals surface area (Å²) in [7, 11) is 3.24. The average Bonchev–Trinajstić information content (AvgIpc) is 3.30. The number of methoxy groups -OCH3 is 2. The number of allylic oxidation sites excluding steroid dienone is 1. The van der Waals surface area contributed by atoms with E-state index in [1.54, 1.807) is 26.6 Å². The molecule has 2 aromatic carbocycles. The van der Waals surface area contributed by atoms with Gasteiger partial charge in [0.2, 0.25) is 5.91 Å². The summed E-state index contributed by atoms with van der Waals surface area (Å²) in [6.45, 7) is 10.9. The third-order valence-electron chi connectivity index (χ3n) is 6.57. The van der Waals surface area contributed by atoms with Crippen molar-refractivity contribution in [2.24, 2.45) is 0 Å². The predicted octanol–water partition coefficient (Wildman–Crippen LogP) is 5.08. The molecule has 0 aliphatic carbocycles. The number of likely N-dealkylation sites (N-methyl/N-ethyl adjacent to an activating group) is 1. The first kappa shape index (κ1) is 24.7. The predicted molar refractivity (Wildman–Crippen MR) is 138 cm³/mol. The molecule has 0 unspecified atom stereocenters. The Morgan fingerprint density at radius 2 is 1.74 bits per heavy atom. The lowest BCUT2D eigenvalue weighted by Crippen LogP contribution is -2.48. The minimum Gasteiger partial charge on any atom is -0.493 e. The molecular weight excluding hydrogens is 444 g/mol. The molecule has 1 aliphatic heterocycles. The number of carbonyl (C=O) groups is 1. The third kappa shape index (κ3) is 5.15. The van der Waals surface area contributed by atoms with E-state index in [4.69, 9.17) is 18.6 Å². The van der Waals surface area contributed by atoms with Crippen molar-refractivity contribution in [1.29, 1.82) is 0 Å². The van der Waals surface area contributed by atoms with Gasteiger partial charge in [0.25, 0.3) is 0 Å². The highest BCUT2D eigenvalue weighted by molar-refractivity contribution is 6.00. The molecule has 0 N–H and O–H groups in total. The number of hydrogen-bond acceptors (Lipinski definition) is 6. The first-order valence-corrected chi connectivity index (χ1v) is 12.1. The number of piperazine rings is 1. The topological polar surface area (TPSA) is 64.4 Å². The van der Waals surface area contributed by atoms with Crippen molar-refractivity contribution in [1.82, 2.24) is 9.80 Å². The van der Waals surface area contributed by atoms with Crippen LogP contribution in [0.15, 0.2) is 47.1 Å². The van der Waals surface area contributed by atoms with E-state index in [1.807, 2.05) is 49.1 Å². The van der Waals surface area contributed by atoms with Gasteiger partial charge in [0.05, 0.1) is 27.1 Å². The molecular formula is C28H34N2O5. The van der Waals surface area contributed by atoms with E-state index in [2.05, 4.69) is 11.8 Å². The Morgan fingerprint density at radius 3 is 2.40 bits per heavy atom. The highest BCUT2D eigenvalue weighted by Crippen LogP contribution is 2.40. The number of fused-ring (bicyclic) bond motifs is 1. The summed E-state index contributed by atoms with van der Waals surface area (Å²) < 4.78 is 22.7. The van der Waals surface area contributed by atoms with Gasteiger partial charge in [0, 0.05) is 54.8 Å². The molecule has 0 saturated carbocycles. The van der Waals surface area contributed by atoms with Crippen LogP contribution in [0.1, 0.15) is 26.3 Å². The van der Waals surface area contributed by atoms with Crippen molar-refractivity contribution in [3.05, 3.63) is 48.2 Å². The number of carbonyl (C=O) groups excluding carboxylic acids is 1. The number of benzene rings is 2. The van der Waals surface area contributed by atoms with E-state index in [-0.39, 0.29) is 5.91 Å². The zero-order valence-corrected chi connectivity index (χ0v) is 21.2. The maximum absolute atomic E-state index is 13.0. The average molecular weight is 479 g/mol. The molecule has 4 rings (SSSR count). The van der Waals surface area contributed by atoms with Crippen LogP contribution in [0.2, 0.25) is 0 Å². The molecule has 1 saturated heterocycles. The fraction of sp³-hybridized carbons (Fsp3) is 0.393. The lowest BCUT2D eigenvalue weighted by atomic mass is 9.99. The monoisotopic (exact) mass is 478 g/mol. The van der Waals surface area contributed by atoms with Crippen molar-refractivity contribution in [2.45, 2.75) is 20.8 Å². The van der Waals surface area contributed by atoms with Crippen LogP contribution < -0.4 is 14.2 Å². The summed E-state index contributed by atoms with van der Waals surface area (Å²) in [5.41, 5.74) is 4.33. The van der Waals surface area contributed by atoms with Crippen LogP contribution in [0, 0.1) is 0 Å². The summed E-state index contributed by atoms with van der Waals surface area (Å²) in [6.07, 6.45) is 3.46. The smallest absolute Gasteiger partial charge is 0.246 e. The van der Waals surface area contributed by atoms with E-state index < -0.39 is 0 Å². The summed E-state index contributed by atoms with van der Waals surface area (Å²) in [6, 6.07) is 9.74. The van der Waals surface area contributed by atoms with Crippen LogP contribution in [-0.2, 0) is 4.79 Å². The van der Waals surface area contributed by atoms with E-state index in [1.165, 1.54) is 0 Å². The van der Waals surface area contributed by atoms with Crippen LogP contribution in [-0.4, -0.2) is 69.3 Å². The molecule has 0 atom stereocenters. The lowest BCUT2D eigenvalue weighted by molar-refractivity contribution is -0.127. The van der Waals surface area contributed by atoms with Crippen molar-refractivity contribution in [3.63, 3.8) is 0 Å². The number of ether oxygens (including phenoxy) is 3. The molecule has 35 heavy (non-hydrogen) atoms. The van der Waals surface area contributed by atoms with Crippen molar-refractivity contribution < 1.29 is 23.4 Å². The van der Waals surface area contributed by atoms with Gasteiger partial charge in [0.15, 0.2) is 11.5 Å². The van der Waals surface area contributed by atoms with E-state index in [9.17, 15) is 4.79 Å². The second kappa shape index (κ2) is 10.9. The number of rotatable bonds is 8. The minimum atomic E-state index is 0.0353. The third-order valence-corrected chi connectivity index (χ3v) is 6.57. The Kier molecular flexibility index (Phi) is 7.66. The van der Waals surface area contributed by atoms with E-state index in [0.717, 1.165) is 66.0 Å². The fourth-order valence-electron chi connectivity index (χ4n) is 4.50. The molecule has 7 nitrogen and oxygen atoms in total. The van der Waals surface area contributed by atoms with E-state index >= 15 is 0 Å². The molecule has 1 fully saturated rings.